The monoisotopic (exact) mass is 244 g/mol. The summed E-state index contributed by atoms with van der Waals surface area (Å²) >= 11 is 0. The summed E-state index contributed by atoms with van der Waals surface area (Å²) in [7, 11) is 4.77. The van der Waals surface area contributed by atoms with Crippen molar-refractivity contribution in [1.82, 2.24) is 9.80 Å². The quantitative estimate of drug-likeness (QED) is 0.617. The molecule has 6 nitrogen and oxygen atoms in total. The van der Waals surface area contributed by atoms with Gasteiger partial charge in [0.05, 0.1) is 19.8 Å². The summed E-state index contributed by atoms with van der Waals surface area (Å²) < 4.78 is 9.95. The van der Waals surface area contributed by atoms with Gasteiger partial charge in [0, 0.05) is 27.2 Å². The molecular weight excluding hydrogens is 224 g/mol. The standard InChI is InChI=1S/C11H20N2O4/c1-8(10(14)12(2)3)13-5-6-17-9(7-13)11(15)16-4/h8-9H,5-7H2,1-4H3. The summed E-state index contributed by atoms with van der Waals surface area (Å²) in [5, 5.41) is 0. The average Bonchev–Trinajstić information content (AvgIpc) is 2.36. The largest absolute Gasteiger partial charge is 0.467 e. The van der Waals surface area contributed by atoms with Crippen LogP contribution in [0.15, 0.2) is 0 Å². The molecular formula is C11H20N2O4. The molecule has 0 N–H and O–H groups in total. The number of carbonyl (C=O) groups is 2. The zero-order valence-electron chi connectivity index (χ0n) is 10.8. The van der Waals surface area contributed by atoms with E-state index in [-0.39, 0.29) is 17.9 Å². The van der Waals surface area contributed by atoms with Gasteiger partial charge in [0.25, 0.3) is 0 Å². The van der Waals surface area contributed by atoms with Crippen molar-refractivity contribution < 1.29 is 19.1 Å². The van der Waals surface area contributed by atoms with Crippen molar-refractivity contribution in [3.05, 3.63) is 0 Å². The highest BCUT2D eigenvalue weighted by molar-refractivity contribution is 5.81. The van der Waals surface area contributed by atoms with Crippen molar-refractivity contribution in [1.29, 1.82) is 0 Å². The fourth-order valence-electron chi connectivity index (χ4n) is 1.82. The SMILES string of the molecule is COC(=O)C1CN(C(C)C(=O)N(C)C)CCO1. The number of nitrogens with zero attached hydrogens (tertiary/aromatic N) is 2. The van der Waals surface area contributed by atoms with Gasteiger partial charge in [-0.2, -0.15) is 0 Å². The molecule has 1 aliphatic rings. The van der Waals surface area contributed by atoms with Crippen LogP contribution in [0.4, 0.5) is 0 Å². The van der Waals surface area contributed by atoms with E-state index < -0.39 is 6.10 Å². The number of hydrogen-bond acceptors (Lipinski definition) is 5. The lowest BCUT2D eigenvalue weighted by Gasteiger charge is -2.35. The topological polar surface area (TPSA) is 59.1 Å². The zero-order chi connectivity index (χ0) is 13.0. The second kappa shape index (κ2) is 5.97. The van der Waals surface area contributed by atoms with Gasteiger partial charge in [-0.25, -0.2) is 4.79 Å². The Hall–Kier alpha value is -1.14. The van der Waals surface area contributed by atoms with Crippen molar-refractivity contribution in [2.75, 3.05) is 40.9 Å². The predicted octanol–water partition coefficient (Wildman–Crippen LogP) is -0.663. The van der Waals surface area contributed by atoms with Gasteiger partial charge >= 0.3 is 5.97 Å². The number of morpholine rings is 1. The van der Waals surface area contributed by atoms with E-state index in [4.69, 9.17) is 4.74 Å². The second-order valence-corrected chi connectivity index (χ2v) is 4.29. The van der Waals surface area contributed by atoms with Gasteiger partial charge in [-0.1, -0.05) is 0 Å². The van der Waals surface area contributed by atoms with Crippen molar-refractivity contribution in [3.8, 4) is 0 Å². The lowest BCUT2D eigenvalue weighted by Crippen LogP contribution is -2.53. The number of ether oxygens (including phenoxy) is 2. The van der Waals surface area contributed by atoms with Crippen LogP contribution in [0.1, 0.15) is 6.92 Å². The van der Waals surface area contributed by atoms with Gasteiger partial charge in [0.1, 0.15) is 0 Å². The first-order valence-corrected chi connectivity index (χ1v) is 5.62. The molecule has 0 aromatic carbocycles. The lowest BCUT2D eigenvalue weighted by molar-refractivity contribution is -0.162. The molecule has 17 heavy (non-hydrogen) atoms. The fourth-order valence-corrected chi connectivity index (χ4v) is 1.82. The van der Waals surface area contributed by atoms with Gasteiger partial charge in [-0.15, -0.1) is 0 Å². The summed E-state index contributed by atoms with van der Waals surface area (Å²) in [5.74, 6) is -0.366. The number of likely N-dealkylation sites (N-methyl/N-ethyl adjacent to an activating group) is 1. The molecule has 6 heteroatoms. The maximum atomic E-state index is 11.8. The summed E-state index contributed by atoms with van der Waals surface area (Å²) in [5.41, 5.74) is 0. The van der Waals surface area contributed by atoms with E-state index in [1.807, 2.05) is 11.8 Å². The molecule has 0 aromatic heterocycles. The third kappa shape index (κ3) is 3.41. The van der Waals surface area contributed by atoms with Gasteiger partial charge in [0.2, 0.25) is 5.91 Å². The molecule has 0 saturated carbocycles. The minimum absolute atomic E-state index is 0.0236. The molecule has 1 amide bonds. The maximum absolute atomic E-state index is 11.8. The van der Waals surface area contributed by atoms with Crippen LogP contribution in [0.5, 0.6) is 0 Å². The molecule has 2 unspecified atom stereocenters. The Balaban J connectivity index is 2.60. The summed E-state index contributed by atoms with van der Waals surface area (Å²) in [4.78, 5) is 26.7. The molecule has 1 fully saturated rings. The summed E-state index contributed by atoms with van der Waals surface area (Å²) in [6.07, 6.45) is -0.592. The Morgan fingerprint density at radius 3 is 2.65 bits per heavy atom. The van der Waals surface area contributed by atoms with Crippen molar-refractivity contribution in [2.45, 2.75) is 19.1 Å². The first-order valence-electron chi connectivity index (χ1n) is 5.62. The molecule has 1 heterocycles. The van der Waals surface area contributed by atoms with E-state index in [0.29, 0.717) is 19.7 Å². The van der Waals surface area contributed by atoms with Crippen LogP contribution in [0.2, 0.25) is 0 Å². The predicted molar refractivity (Wildman–Crippen MR) is 61.5 cm³/mol. The molecule has 1 aliphatic heterocycles. The van der Waals surface area contributed by atoms with Crippen molar-refractivity contribution in [2.24, 2.45) is 0 Å². The van der Waals surface area contributed by atoms with E-state index in [1.54, 1.807) is 19.0 Å². The van der Waals surface area contributed by atoms with Crippen LogP contribution >= 0.6 is 0 Å². The van der Waals surface area contributed by atoms with E-state index in [1.165, 1.54) is 7.11 Å². The molecule has 0 bridgehead atoms. The fraction of sp³-hybridized carbons (Fsp3) is 0.818. The Bertz CT molecular complexity index is 293. The highest BCUT2D eigenvalue weighted by Crippen LogP contribution is 2.11. The number of amides is 1. The Morgan fingerprint density at radius 2 is 2.12 bits per heavy atom. The molecule has 2 atom stereocenters. The van der Waals surface area contributed by atoms with Crippen LogP contribution in [0.25, 0.3) is 0 Å². The third-order valence-corrected chi connectivity index (χ3v) is 2.91. The van der Waals surface area contributed by atoms with Crippen LogP contribution < -0.4 is 0 Å². The van der Waals surface area contributed by atoms with E-state index in [9.17, 15) is 9.59 Å². The molecule has 0 aliphatic carbocycles. The number of esters is 1. The molecule has 0 radical (unpaired) electrons. The Kier molecular flexibility index (Phi) is 4.89. The first kappa shape index (κ1) is 13.9. The summed E-state index contributed by atoms with van der Waals surface area (Å²) in [6, 6.07) is -0.249. The van der Waals surface area contributed by atoms with Gasteiger partial charge in [-0.3, -0.25) is 9.69 Å². The Morgan fingerprint density at radius 1 is 1.47 bits per heavy atom. The number of hydrogen-bond donors (Lipinski definition) is 0. The average molecular weight is 244 g/mol. The molecule has 1 saturated heterocycles. The normalized spacial score (nSPS) is 22.9. The highest BCUT2D eigenvalue weighted by atomic mass is 16.6. The number of rotatable bonds is 3. The minimum Gasteiger partial charge on any atom is -0.467 e. The smallest absolute Gasteiger partial charge is 0.336 e. The second-order valence-electron chi connectivity index (χ2n) is 4.29. The van der Waals surface area contributed by atoms with Crippen LogP contribution in [0.3, 0.4) is 0 Å². The van der Waals surface area contributed by atoms with Gasteiger partial charge < -0.3 is 14.4 Å². The molecule has 98 valence electrons. The van der Waals surface area contributed by atoms with Crippen LogP contribution in [-0.2, 0) is 19.1 Å². The van der Waals surface area contributed by atoms with Crippen LogP contribution in [-0.4, -0.2) is 74.7 Å². The van der Waals surface area contributed by atoms with Crippen LogP contribution in [0, 0.1) is 0 Å². The molecule has 1 rings (SSSR count). The van der Waals surface area contributed by atoms with Crippen molar-refractivity contribution >= 4 is 11.9 Å². The third-order valence-electron chi connectivity index (χ3n) is 2.91. The minimum atomic E-state index is -0.592. The first-order chi connectivity index (χ1) is 7.97. The zero-order valence-corrected chi connectivity index (χ0v) is 10.8. The number of methoxy groups -OCH3 is 1. The van der Waals surface area contributed by atoms with E-state index in [2.05, 4.69) is 4.74 Å². The molecule has 0 spiro atoms. The Labute approximate surface area is 101 Å². The maximum Gasteiger partial charge on any atom is 0.336 e. The highest BCUT2D eigenvalue weighted by Gasteiger charge is 2.32. The number of carbonyl (C=O) groups excluding carboxylic acids is 2. The van der Waals surface area contributed by atoms with E-state index >= 15 is 0 Å². The van der Waals surface area contributed by atoms with Crippen molar-refractivity contribution in [3.63, 3.8) is 0 Å². The summed E-state index contributed by atoms with van der Waals surface area (Å²) in [6.45, 7) is 3.31. The van der Waals surface area contributed by atoms with Gasteiger partial charge in [0.15, 0.2) is 6.10 Å². The lowest BCUT2D eigenvalue weighted by atomic mass is 10.2. The van der Waals surface area contributed by atoms with Gasteiger partial charge in [-0.05, 0) is 6.92 Å². The van der Waals surface area contributed by atoms with E-state index in [0.717, 1.165) is 0 Å². The molecule has 0 aromatic rings.